The van der Waals surface area contributed by atoms with E-state index in [0.717, 1.165) is 31.5 Å². The summed E-state index contributed by atoms with van der Waals surface area (Å²) in [5.74, 6) is 0.178. The number of piperidine rings is 3. The van der Waals surface area contributed by atoms with Crippen LogP contribution in [0.15, 0.2) is 24.3 Å². The Kier molecular flexibility index (Phi) is 4.37. The highest BCUT2D eigenvalue weighted by Gasteiger charge is 2.54. The number of aromatic hydroxyl groups is 1. The van der Waals surface area contributed by atoms with Crippen molar-refractivity contribution < 1.29 is 23.1 Å². The average molecular weight is 368 g/mol. The topological polar surface area (TPSA) is 43.8 Å². The number of hydrogen-bond acceptors (Lipinski definition) is 3. The summed E-state index contributed by atoms with van der Waals surface area (Å²) in [5.41, 5.74) is 0.957. The van der Waals surface area contributed by atoms with Crippen molar-refractivity contribution in [1.82, 2.24) is 9.80 Å². The first kappa shape index (κ1) is 17.6. The zero-order valence-corrected chi connectivity index (χ0v) is 14.5. The molecule has 1 N–H and O–H groups in total. The number of likely N-dealkylation sites (tertiary alicyclic amines) is 1. The van der Waals surface area contributed by atoms with E-state index in [1.165, 1.54) is 0 Å². The fourth-order valence-electron chi connectivity index (χ4n) is 5.15. The van der Waals surface area contributed by atoms with Gasteiger partial charge in [-0.25, -0.2) is 0 Å². The number of carbonyl (C=O) groups is 1. The first-order chi connectivity index (χ1) is 12.3. The Bertz CT molecular complexity index is 686. The Labute approximate surface area is 150 Å². The summed E-state index contributed by atoms with van der Waals surface area (Å²) in [7, 11) is 0. The second kappa shape index (κ2) is 6.44. The zero-order valence-electron chi connectivity index (χ0n) is 14.5. The maximum Gasteiger partial charge on any atom is 0.389 e. The van der Waals surface area contributed by atoms with Crippen molar-refractivity contribution in [1.29, 1.82) is 0 Å². The molecule has 0 aliphatic carbocycles. The smallest absolute Gasteiger partial charge is 0.389 e. The summed E-state index contributed by atoms with van der Waals surface area (Å²) < 4.78 is 37.7. The van der Waals surface area contributed by atoms with Gasteiger partial charge in [-0.15, -0.1) is 0 Å². The molecule has 0 saturated carbocycles. The first-order valence-corrected chi connectivity index (χ1v) is 9.23. The Morgan fingerprint density at radius 3 is 2.58 bits per heavy atom. The largest absolute Gasteiger partial charge is 0.508 e. The molecule has 1 amide bonds. The molecule has 4 aliphatic rings. The fourth-order valence-corrected chi connectivity index (χ4v) is 5.15. The van der Waals surface area contributed by atoms with E-state index in [-0.39, 0.29) is 23.8 Å². The minimum Gasteiger partial charge on any atom is -0.508 e. The lowest BCUT2D eigenvalue weighted by Crippen LogP contribution is -2.60. The molecular formula is C19H23F3N2O2. The lowest BCUT2D eigenvalue weighted by Gasteiger charge is -2.51. The molecule has 2 bridgehead atoms. The van der Waals surface area contributed by atoms with Crippen LogP contribution in [0.3, 0.4) is 0 Å². The van der Waals surface area contributed by atoms with E-state index >= 15 is 0 Å². The molecule has 1 aromatic carbocycles. The number of benzene rings is 1. The molecule has 4 fully saturated rings. The molecular weight excluding hydrogens is 345 g/mol. The van der Waals surface area contributed by atoms with Gasteiger partial charge >= 0.3 is 6.18 Å². The lowest BCUT2D eigenvalue weighted by atomic mass is 9.75. The number of carbonyl (C=O) groups excluding carboxylic acids is 1. The molecule has 4 saturated heterocycles. The molecule has 7 heteroatoms. The van der Waals surface area contributed by atoms with E-state index in [9.17, 15) is 23.1 Å². The zero-order chi connectivity index (χ0) is 18.5. The molecule has 0 spiro atoms. The van der Waals surface area contributed by atoms with Crippen molar-refractivity contribution in [2.45, 2.75) is 49.9 Å². The normalized spacial score (nSPS) is 33.3. The highest BCUT2D eigenvalue weighted by atomic mass is 19.4. The molecule has 4 nitrogen and oxygen atoms in total. The first-order valence-electron chi connectivity index (χ1n) is 9.23. The number of halogens is 3. The molecule has 142 valence electrons. The van der Waals surface area contributed by atoms with Crippen molar-refractivity contribution in [3.05, 3.63) is 29.8 Å². The van der Waals surface area contributed by atoms with Crippen molar-refractivity contribution in [2.24, 2.45) is 5.92 Å². The predicted octanol–water partition coefficient (Wildman–Crippen LogP) is 3.12. The summed E-state index contributed by atoms with van der Waals surface area (Å²) in [6.45, 7) is 2.39. The second-order valence-corrected chi connectivity index (χ2v) is 7.72. The molecule has 5 rings (SSSR count). The van der Waals surface area contributed by atoms with E-state index < -0.39 is 24.9 Å². The standard InChI is InChI=1S/C19H23F3N2O2/c20-19(21,22)7-4-16(26)24-11-15(13-2-1-3-14(25)10-13)18-17(24)12-5-8-23(18)9-6-12/h1-3,10,12,15,17-18,25H,4-9,11H2/t15-,17+,18+/m0/s1. The minimum atomic E-state index is -4.31. The molecule has 0 radical (unpaired) electrons. The predicted molar refractivity (Wildman–Crippen MR) is 89.7 cm³/mol. The molecule has 3 atom stereocenters. The van der Waals surface area contributed by atoms with Crippen LogP contribution in [-0.2, 0) is 4.79 Å². The van der Waals surface area contributed by atoms with E-state index in [1.54, 1.807) is 23.1 Å². The number of hydrogen-bond donors (Lipinski definition) is 1. The van der Waals surface area contributed by atoms with Crippen LogP contribution < -0.4 is 0 Å². The SMILES string of the molecule is O=C(CCC(F)(F)F)N1C[C@@H](c2cccc(O)c2)[C@@H]2[C@H]1C1CCN2CC1. The van der Waals surface area contributed by atoms with Crippen LogP contribution in [0.5, 0.6) is 5.75 Å². The molecule has 0 unspecified atom stereocenters. The second-order valence-electron chi connectivity index (χ2n) is 7.72. The molecule has 0 aromatic heterocycles. The quantitative estimate of drug-likeness (QED) is 0.892. The Morgan fingerprint density at radius 1 is 1.19 bits per heavy atom. The van der Waals surface area contributed by atoms with Gasteiger partial charge in [-0.1, -0.05) is 12.1 Å². The third-order valence-electron chi connectivity index (χ3n) is 6.24. The number of phenolic OH excluding ortho intramolecular Hbond substituents is 1. The number of amides is 1. The van der Waals surface area contributed by atoms with Gasteiger partial charge < -0.3 is 10.0 Å². The van der Waals surface area contributed by atoms with Gasteiger partial charge in [-0.2, -0.15) is 13.2 Å². The van der Waals surface area contributed by atoms with Crippen LogP contribution >= 0.6 is 0 Å². The van der Waals surface area contributed by atoms with E-state index in [1.807, 2.05) is 6.07 Å². The minimum absolute atomic E-state index is 0.00872. The van der Waals surface area contributed by atoms with Gasteiger partial charge in [-0.3, -0.25) is 9.69 Å². The van der Waals surface area contributed by atoms with Gasteiger partial charge in [0.25, 0.3) is 0 Å². The monoisotopic (exact) mass is 368 g/mol. The lowest BCUT2D eigenvalue weighted by molar-refractivity contribution is -0.151. The molecule has 4 heterocycles. The fraction of sp³-hybridized carbons (Fsp3) is 0.632. The van der Waals surface area contributed by atoms with Crippen LogP contribution in [0.1, 0.15) is 37.2 Å². The average Bonchev–Trinajstić information content (AvgIpc) is 3.03. The molecule has 4 aliphatic heterocycles. The van der Waals surface area contributed by atoms with E-state index in [2.05, 4.69) is 4.90 Å². The van der Waals surface area contributed by atoms with Gasteiger partial charge in [0.1, 0.15) is 5.75 Å². The Hall–Kier alpha value is -1.76. The van der Waals surface area contributed by atoms with Crippen molar-refractivity contribution in [2.75, 3.05) is 19.6 Å². The van der Waals surface area contributed by atoms with Gasteiger partial charge in [-0.05, 0) is 49.5 Å². The van der Waals surface area contributed by atoms with Gasteiger partial charge in [0.05, 0.1) is 12.5 Å². The van der Waals surface area contributed by atoms with Crippen LogP contribution in [0.25, 0.3) is 0 Å². The Balaban J connectivity index is 1.61. The van der Waals surface area contributed by atoms with Crippen LogP contribution in [0.4, 0.5) is 13.2 Å². The summed E-state index contributed by atoms with van der Waals surface area (Å²) in [4.78, 5) is 16.7. The van der Waals surface area contributed by atoms with E-state index in [4.69, 9.17) is 0 Å². The number of phenols is 1. The van der Waals surface area contributed by atoms with Crippen molar-refractivity contribution >= 4 is 5.91 Å². The van der Waals surface area contributed by atoms with Crippen LogP contribution in [-0.4, -0.2) is 58.7 Å². The third kappa shape index (κ3) is 3.17. The maximum atomic E-state index is 12.6. The summed E-state index contributed by atoms with van der Waals surface area (Å²) in [5, 5.41) is 9.83. The summed E-state index contributed by atoms with van der Waals surface area (Å²) in [6.07, 6.45) is -3.86. The van der Waals surface area contributed by atoms with Crippen LogP contribution in [0.2, 0.25) is 0 Å². The van der Waals surface area contributed by atoms with Crippen LogP contribution in [0, 0.1) is 5.92 Å². The number of alkyl halides is 3. The molecule has 1 aromatic rings. The van der Waals surface area contributed by atoms with Gasteiger partial charge in [0, 0.05) is 24.9 Å². The molecule has 26 heavy (non-hydrogen) atoms. The maximum absolute atomic E-state index is 12.6. The highest BCUT2D eigenvalue weighted by Crippen LogP contribution is 2.47. The Morgan fingerprint density at radius 2 is 1.92 bits per heavy atom. The third-order valence-corrected chi connectivity index (χ3v) is 6.24. The van der Waals surface area contributed by atoms with Gasteiger partial charge in [0.15, 0.2) is 0 Å². The number of nitrogens with zero attached hydrogens (tertiary/aromatic N) is 2. The summed E-state index contributed by atoms with van der Waals surface area (Å²) >= 11 is 0. The number of rotatable bonds is 3. The van der Waals surface area contributed by atoms with Gasteiger partial charge in [0.2, 0.25) is 5.91 Å². The highest BCUT2D eigenvalue weighted by molar-refractivity contribution is 5.77. The van der Waals surface area contributed by atoms with Crippen molar-refractivity contribution in [3.63, 3.8) is 0 Å². The van der Waals surface area contributed by atoms with E-state index in [0.29, 0.717) is 12.5 Å². The number of fused-ring (bicyclic) bond motifs is 2. The summed E-state index contributed by atoms with van der Waals surface area (Å²) in [6, 6.07) is 7.17. The van der Waals surface area contributed by atoms with Crippen molar-refractivity contribution in [3.8, 4) is 5.75 Å².